The summed E-state index contributed by atoms with van der Waals surface area (Å²) in [5.74, 6) is -0.0390. The van der Waals surface area contributed by atoms with Gasteiger partial charge in [-0.25, -0.2) is 4.39 Å². The first-order valence-electron chi connectivity index (χ1n) is 9.83. The average molecular weight is 431 g/mol. The van der Waals surface area contributed by atoms with Gasteiger partial charge in [-0.15, -0.1) is 0 Å². The molecular weight excluding hydrogens is 395 g/mol. The topological polar surface area (TPSA) is 41.1 Å². The van der Waals surface area contributed by atoms with Gasteiger partial charge in [0.25, 0.3) is 0 Å². The van der Waals surface area contributed by atoms with Crippen molar-refractivity contribution in [3.8, 4) is 0 Å². The van der Waals surface area contributed by atoms with Gasteiger partial charge in [-0.2, -0.15) is 0 Å². The molecule has 0 spiro atoms. The van der Waals surface area contributed by atoms with Crippen LogP contribution in [0.2, 0.25) is 0 Å². The molecule has 0 aliphatic heterocycles. The van der Waals surface area contributed by atoms with Crippen LogP contribution < -0.4 is 10.6 Å². The smallest absolute Gasteiger partial charge is 0.106 e. The highest BCUT2D eigenvalue weighted by molar-refractivity contribution is 7.78. The first-order chi connectivity index (χ1) is 14.6. The molecule has 0 aromatic heterocycles. The van der Waals surface area contributed by atoms with E-state index in [0.29, 0.717) is 13.0 Å². The van der Waals surface area contributed by atoms with Gasteiger partial charge in [0, 0.05) is 18.7 Å². The van der Waals surface area contributed by atoms with Crippen LogP contribution in [-0.4, -0.2) is 18.8 Å². The van der Waals surface area contributed by atoms with E-state index < -0.39 is 0 Å². The zero-order valence-electron chi connectivity index (χ0n) is 18.6. The molecule has 0 saturated heterocycles. The van der Waals surface area contributed by atoms with Crippen molar-refractivity contribution in [2.75, 3.05) is 6.54 Å². The second kappa shape index (κ2) is 19.5. The van der Waals surface area contributed by atoms with E-state index in [1.807, 2.05) is 58.9 Å². The zero-order chi connectivity index (χ0) is 23.4. The molecule has 1 aliphatic rings. The van der Waals surface area contributed by atoms with Crippen molar-refractivity contribution in [1.82, 2.24) is 10.6 Å². The second-order valence-corrected chi connectivity index (χ2v) is 5.94. The lowest BCUT2D eigenvalue weighted by Crippen LogP contribution is -2.16. The van der Waals surface area contributed by atoms with E-state index in [-0.39, 0.29) is 5.83 Å². The summed E-state index contributed by atoms with van der Waals surface area (Å²) < 4.78 is 13.3. The number of halogens is 1. The highest BCUT2D eigenvalue weighted by Gasteiger charge is 2.12. The lowest BCUT2D eigenvalue weighted by Gasteiger charge is -2.15. The summed E-state index contributed by atoms with van der Waals surface area (Å²) in [4.78, 5) is 8.00. The van der Waals surface area contributed by atoms with Crippen molar-refractivity contribution < 1.29 is 9.18 Å². The molecule has 5 heteroatoms. The molecule has 0 radical (unpaired) electrons. The Morgan fingerprint density at radius 1 is 1.20 bits per heavy atom. The van der Waals surface area contributed by atoms with Crippen LogP contribution in [-0.2, 0) is 4.79 Å². The Balaban J connectivity index is 0. The molecule has 2 N–H and O–H groups in total. The van der Waals surface area contributed by atoms with Crippen LogP contribution in [0.15, 0.2) is 95.7 Å². The van der Waals surface area contributed by atoms with E-state index in [4.69, 9.17) is 17.0 Å². The third kappa shape index (κ3) is 11.3. The predicted molar refractivity (Wildman–Crippen MR) is 134 cm³/mol. The maximum absolute atomic E-state index is 13.3. The summed E-state index contributed by atoms with van der Waals surface area (Å²) in [6.07, 6.45) is 16.2. The van der Waals surface area contributed by atoms with E-state index in [1.165, 1.54) is 11.1 Å². The fourth-order valence-electron chi connectivity index (χ4n) is 2.65. The van der Waals surface area contributed by atoms with E-state index >= 15 is 0 Å². The molecule has 0 atom stereocenters. The number of allylic oxidation sites excluding steroid dienone is 10. The van der Waals surface area contributed by atoms with Gasteiger partial charge in [-0.3, -0.25) is 0 Å². The van der Waals surface area contributed by atoms with Gasteiger partial charge in [0.2, 0.25) is 0 Å². The monoisotopic (exact) mass is 430 g/mol. The van der Waals surface area contributed by atoms with Gasteiger partial charge in [-0.1, -0.05) is 63.5 Å². The maximum atomic E-state index is 13.3. The van der Waals surface area contributed by atoms with Gasteiger partial charge in [0.05, 0.1) is 5.49 Å². The van der Waals surface area contributed by atoms with Crippen molar-refractivity contribution in [2.24, 2.45) is 0 Å². The molecule has 164 valence electrons. The number of hydrogen-bond donors (Lipinski definition) is 2. The molecule has 0 aromatic carbocycles. The van der Waals surface area contributed by atoms with Crippen LogP contribution in [0.4, 0.5) is 4.39 Å². The SMILES string of the molecule is C=C/C(CN/C=C/C=C\C(=C/C)C1=C(C)C=C(F)CC1)=C(\C=C)NC=S.C=O.CC. The molecule has 1 aliphatic carbocycles. The molecule has 0 amide bonds. The number of thiocarbonyl (C=S) groups is 1. The molecule has 0 bridgehead atoms. The predicted octanol–water partition coefficient (Wildman–Crippen LogP) is 6.57. The number of hydrogen-bond acceptors (Lipinski definition) is 3. The van der Waals surface area contributed by atoms with Gasteiger partial charge in [0.15, 0.2) is 0 Å². The number of carbonyl (C=O) groups is 1. The van der Waals surface area contributed by atoms with Crippen molar-refractivity contribution >= 4 is 24.5 Å². The van der Waals surface area contributed by atoms with Crippen molar-refractivity contribution in [3.05, 3.63) is 95.7 Å². The second-order valence-electron chi connectivity index (χ2n) is 5.71. The van der Waals surface area contributed by atoms with Crippen molar-refractivity contribution in [2.45, 2.75) is 40.5 Å². The Kier molecular flexibility index (Phi) is 19.1. The molecule has 0 heterocycles. The summed E-state index contributed by atoms with van der Waals surface area (Å²) in [5.41, 5.74) is 6.58. The van der Waals surface area contributed by atoms with Crippen LogP contribution in [0, 0.1) is 0 Å². The van der Waals surface area contributed by atoms with Gasteiger partial charge in [0.1, 0.15) is 12.6 Å². The molecule has 3 nitrogen and oxygen atoms in total. The molecule has 0 saturated carbocycles. The average Bonchev–Trinajstić information content (AvgIpc) is 2.78. The number of rotatable bonds is 10. The molecule has 0 unspecified atom stereocenters. The first-order valence-corrected chi connectivity index (χ1v) is 10.3. The minimum atomic E-state index is -0.0390. The van der Waals surface area contributed by atoms with E-state index in [0.717, 1.165) is 28.8 Å². The van der Waals surface area contributed by atoms with Crippen LogP contribution in [0.25, 0.3) is 0 Å². The number of nitrogens with one attached hydrogen (secondary N) is 2. The Bertz CT molecular complexity index is 740. The van der Waals surface area contributed by atoms with E-state index in [2.05, 4.69) is 29.9 Å². The van der Waals surface area contributed by atoms with Crippen molar-refractivity contribution in [1.29, 1.82) is 0 Å². The molecule has 1 rings (SSSR count). The summed E-state index contributed by atoms with van der Waals surface area (Å²) in [6, 6.07) is 0. The van der Waals surface area contributed by atoms with Crippen LogP contribution in [0.3, 0.4) is 0 Å². The Morgan fingerprint density at radius 2 is 1.87 bits per heavy atom. The fourth-order valence-corrected chi connectivity index (χ4v) is 2.78. The number of carbonyl (C=O) groups excluding carboxylic acids is 1. The summed E-state index contributed by atoms with van der Waals surface area (Å²) in [7, 11) is 0. The van der Waals surface area contributed by atoms with E-state index in [1.54, 1.807) is 18.2 Å². The summed E-state index contributed by atoms with van der Waals surface area (Å²) >= 11 is 4.81. The molecule has 0 fully saturated rings. The van der Waals surface area contributed by atoms with Gasteiger partial charge >= 0.3 is 0 Å². The minimum Gasteiger partial charge on any atom is -0.387 e. The van der Waals surface area contributed by atoms with Crippen LogP contribution in [0.5, 0.6) is 0 Å². The largest absolute Gasteiger partial charge is 0.387 e. The summed E-state index contributed by atoms with van der Waals surface area (Å²) in [6.45, 7) is 18.1. The highest BCUT2D eigenvalue weighted by Crippen LogP contribution is 2.29. The van der Waals surface area contributed by atoms with Gasteiger partial charge in [-0.05, 0) is 67.0 Å². The first kappa shape index (κ1) is 29.4. The lowest BCUT2D eigenvalue weighted by molar-refractivity contribution is -0.0979. The molecular formula is C25H35FN2OS. The van der Waals surface area contributed by atoms with Crippen LogP contribution >= 0.6 is 12.2 Å². The minimum absolute atomic E-state index is 0.0390. The molecule has 0 aromatic rings. The normalized spacial score (nSPS) is 14.6. The highest BCUT2D eigenvalue weighted by atomic mass is 32.1. The standard InChI is InChI=1S/C22H27FN2S.C2H6.CH2O/c1-5-18(21-12-11-20(23)14-17(21)4)10-8-9-13-24-15-19(6-2)22(7-3)25-16-26;2*1-2/h5-10,13-14,16,24H,2-3,11-12,15H2,1,4H3,(H,25,26);1-2H3;1H2/b10-8-,13-9+,18-5+,22-19-;;. The Hall–Kier alpha value is -2.79. The summed E-state index contributed by atoms with van der Waals surface area (Å²) in [5, 5.41) is 6.17. The van der Waals surface area contributed by atoms with E-state index in [9.17, 15) is 4.39 Å². The molecule has 30 heavy (non-hydrogen) atoms. The third-order valence-electron chi connectivity index (χ3n) is 4.03. The van der Waals surface area contributed by atoms with Gasteiger partial charge < -0.3 is 15.4 Å². The quantitative estimate of drug-likeness (QED) is 0.304. The third-order valence-corrected chi connectivity index (χ3v) is 4.14. The Morgan fingerprint density at radius 3 is 2.37 bits per heavy atom. The van der Waals surface area contributed by atoms with Crippen LogP contribution in [0.1, 0.15) is 40.5 Å². The fraction of sp³-hybridized carbons (Fsp3) is 0.280. The Labute approximate surface area is 187 Å². The van der Waals surface area contributed by atoms with Crippen molar-refractivity contribution in [3.63, 3.8) is 0 Å². The maximum Gasteiger partial charge on any atom is 0.106 e. The zero-order valence-corrected chi connectivity index (χ0v) is 19.4. The lowest BCUT2D eigenvalue weighted by atomic mass is 9.91.